The monoisotopic (exact) mass is 505 g/mol. The molecule has 3 aromatic rings. The zero-order valence-corrected chi connectivity index (χ0v) is 19.9. The number of hydrogen-bond acceptors (Lipinski definition) is 7. The van der Waals surface area contributed by atoms with Crippen LogP contribution >= 0.6 is 0 Å². The molecule has 0 aliphatic heterocycles. The average molecular weight is 506 g/mol. The molecule has 0 atom stereocenters. The second-order valence-electron chi connectivity index (χ2n) is 7.17. The van der Waals surface area contributed by atoms with Crippen molar-refractivity contribution in [1.29, 1.82) is 0 Å². The van der Waals surface area contributed by atoms with Gasteiger partial charge >= 0.3 is 0 Å². The van der Waals surface area contributed by atoms with Crippen LogP contribution in [-0.4, -0.2) is 36.5 Å². The molecule has 0 aliphatic rings. The van der Waals surface area contributed by atoms with Gasteiger partial charge in [-0.3, -0.25) is 9.52 Å². The number of nitrogens with two attached hydrogens (primary N) is 1. The standard InChI is InChI=1S/C22H23N3O7S2/c1-15-13-20(34(29,30)25-17-3-7-18(31-2)8-4-17)11-12-21(15)32-14-22(26)24-16-5-9-19(10-6-16)33(23,27)28/h3-13,25H,14H2,1-2H3,(H,24,26)(H2,23,27,28). The third-order valence-electron chi connectivity index (χ3n) is 4.62. The molecule has 3 aromatic carbocycles. The largest absolute Gasteiger partial charge is 0.497 e. The topological polar surface area (TPSA) is 154 Å². The molecule has 12 heteroatoms. The Hall–Kier alpha value is -3.61. The first-order valence-corrected chi connectivity index (χ1v) is 12.8. The van der Waals surface area contributed by atoms with Crippen LogP contribution in [0.15, 0.2) is 76.5 Å². The predicted octanol–water partition coefficient (Wildman–Crippen LogP) is 2.47. The lowest BCUT2D eigenvalue weighted by Gasteiger charge is -2.13. The number of methoxy groups -OCH3 is 1. The number of aryl methyl sites for hydroxylation is 1. The average Bonchev–Trinajstić information content (AvgIpc) is 2.78. The summed E-state index contributed by atoms with van der Waals surface area (Å²) in [5.74, 6) is 0.452. The number of carbonyl (C=O) groups excluding carboxylic acids is 1. The van der Waals surface area contributed by atoms with E-state index in [0.717, 1.165) is 0 Å². The van der Waals surface area contributed by atoms with Crippen LogP contribution in [0.1, 0.15) is 5.56 Å². The molecule has 1 amide bonds. The Bertz CT molecular complexity index is 1390. The molecule has 0 bridgehead atoms. The highest BCUT2D eigenvalue weighted by Crippen LogP contribution is 2.24. The molecule has 4 N–H and O–H groups in total. The van der Waals surface area contributed by atoms with E-state index in [1.54, 1.807) is 31.2 Å². The summed E-state index contributed by atoms with van der Waals surface area (Å²) in [4.78, 5) is 12.1. The van der Waals surface area contributed by atoms with Gasteiger partial charge in [-0.15, -0.1) is 0 Å². The summed E-state index contributed by atoms with van der Waals surface area (Å²) in [5, 5.41) is 7.61. The number of rotatable bonds is 9. The molecule has 0 fully saturated rings. The van der Waals surface area contributed by atoms with Crippen molar-refractivity contribution < 1.29 is 31.1 Å². The smallest absolute Gasteiger partial charge is 0.262 e. The van der Waals surface area contributed by atoms with Gasteiger partial charge in [0.1, 0.15) is 11.5 Å². The molecule has 0 radical (unpaired) electrons. The number of nitrogens with one attached hydrogen (secondary N) is 2. The summed E-state index contributed by atoms with van der Waals surface area (Å²) in [6, 6.07) is 16.1. The minimum absolute atomic E-state index is 0.0348. The van der Waals surface area contributed by atoms with Gasteiger partial charge in [-0.1, -0.05) is 0 Å². The predicted molar refractivity (Wildman–Crippen MR) is 127 cm³/mol. The second kappa shape index (κ2) is 10.1. The van der Waals surface area contributed by atoms with Gasteiger partial charge in [0.15, 0.2) is 6.61 Å². The Morgan fingerprint density at radius 2 is 1.47 bits per heavy atom. The lowest BCUT2D eigenvalue weighted by molar-refractivity contribution is -0.118. The molecule has 3 rings (SSSR count). The Morgan fingerprint density at radius 1 is 0.882 bits per heavy atom. The molecule has 10 nitrogen and oxygen atoms in total. The molecular formula is C22H23N3O7S2. The maximum absolute atomic E-state index is 12.7. The normalized spacial score (nSPS) is 11.5. The number of carbonyl (C=O) groups is 1. The highest BCUT2D eigenvalue weighted by Gasteiger charge is 2.16. The Morgan fingerprint density at radius 3 is 2.03 bits per heavy atom. The number of anilines is 2. The molecule has 0 saturated heterocycles. The lowest BCUT2D eigenvalue weighted by Crippen LogP contribution is -2.20. The van der Waals surface area contributed by atoms with Gasteiger partial charge in [0, 0.05) is 11.4 Å². The first-order chi connectivity index (χ1) is 16.0. The fourth-order valence-corrected chi connectivity index (χ4v) is 4.55. The van der Waals surface area contributed by atoms with Gasteiger partial charge in [0.25, 0.3) is 15.9 Å². The van der Waals surface area contributed by atoms with Gasteiger partial charge in [-0.2, -0.15) is 0 Å². The summed E-state index contributed by atoms with van der Waals surface area (Å²) >= 11 is 0. The summed E-state index contributed by atoms with van der Waals surface area (Å²) in [6.45, 7) is 1.32. The molecule has 0 aromatic heterocycles. The van der Waals surface area contributed by atoms with E-state index in [9.17, 15) is 21.6 Å². The van der Waals surface area contributed by atoms with Crippen molar-refractivity contribution in [3.05, 3.63) is 72.3 Å². The van der Waals surface area contributed by atoms with E-state index in [0.29, 0.717) is 28.4 Å². The zero-order chi connectivity index (χ0) is 24.9. The maximum Gasteiger partial charge on any atom is 0.262 e. The molecule has 0 unspecified atom stereocenters. The van der Waals surface area contributed by atoms with Crippen molar-refractivity contribution >= 4 is 37.3 Å². The van der Waals surface area contributed by atoms with E-state index in [4.69, 9.17) is 14.6 Å². The van der Waals surface area contributed by atoms with Crippen LogP contribution in [0.2, 0.25) is 0 Å². The third-order valence-corrected chi connectivity index (χ3v) is 6.93. The van der Waals surface area contributed by atoms with Crippen LogP contribution in [0.25, 0.3) is 0 Å². The van der Waals surface area contributed by atoms with Crippen LogP contribution in [0.5, 0.6) is 11.5 Å². The fourth-order valence-electron chi connectivity index (χ4n) is 2.89. The van der Waals surface area contributed by atoms with Crippen molar-refractivity contribution in [3.63, 3.8) is 0 Å². The molecule has 0 spiro atoms. The summed E-state index contributed by atoms with van der Waals surface area (Å²) < 4.78 is 61.0. The second-order valence-corrected chi connectivity index (χ2v) is 10.4. The summed E-state index contributed by atoms with van der Waals surface area (Å²) in [6.07, 6.45) is 0. The van der Waals surface area contributed by atoms with E-state index in [1.807, 2.05) is 0 Å². The van der Waals surface area contributed by atoms with Crippen LogP contribution in [0.4, 0.5) is 11.4 Å². The van der Waals surface area contributed by atoms with Gasteiger partial charge in [0.2, 0.25) is 10.0 Å². The fraction of sp³-hybridized carbons (Fsp3) is 0.136. The van der Waals surface area contributed by atoms with Crippen molar-refractivity contribution in [1.82, 2.24) is 0 Å². The van der Waals surface area contributed by atoms with Gasteiger partial charge in [-0.05, 0) is 79.2 Å². The first-order valence-electron chi connectivity index (χ1n) is 9.81. The molecular weight excluding hydrogens is 482 g/mol. The van der Waals surface area contributed by atoms with Crippen LogP contribution in [0, 0.1) is 6.92 Å². The molecule has 34 heavy (non-hydrogen) atoms. The maximum atomic E-state index is 12.7. The highest BCUT2D eigenvalue weighted by molar-refractivity contribution is 7.92. The quantitative estimate of drug-likeness (QED) is 0.404. The number of benzene rings is 3. The number of hydrogen-bond donors (Lipinski definition) is 3. The van der Waals surface area contributed by atoms with Gasteiger partial charge < -0.3 is 14.8 Å². The Labute approximate surface area is 197 Å². The number of ether oxygens (including phenoxy) is 2. The minimum Gasteiger partial charge on any atom is -0.497 e. The van der Waals surface area contributed by atoms with E-state index in [1.165, 1.54) is 49.6 Å². The summed E-state index contributed by atoms with van der Waals surface area (Å²) in [5.41, 5.74) is 1.26. The van der Waals surface area contributed by atoms with Crippen LogP contribution < -0.4 is 24.7 Å². The SMILES string of the molecule is COc1ccc(NS(=O)(=O)c2ccc(OCC(=O)Nc3ccc(S(N)(=O)=O)cc3)c(C)c2)cc1. The van der Waals surface area contributed by atoms with Gasteiger partial charge in [-0.25, -0.2) is 22.0 Å². The third kappa shape index (κ3) is 6.47. The van der Waals surface area contributed by atoms with Crippen molar-refractivity contribution in [2.45, 2.75) is 16.7 Å². The molecule has 0 aliphatic carbocycles. The number of primary sulfonamides is 1. The first kappa shape index (κ1) is 25.0. The highest BCUT2D eigenvalue weighted by atomic mass is 32.2. The lowest BCUT2D eigenvalue weighted by atomic mass is 10.2. The number of sulfonamides is 2. The summed E-state index contributed by atoms with van der Waals surface area (Å²) in [7, 11) is -6.14. The van der Waals surface area contributed by atoms with E-state index in [2.05, 4.69) is 10.0 Å². The Kier molecular flexibility index (Phi) is 7.44. The number of amides is 1. The van der Waals surface area contributed by atoms with Crippen molar-refractivity contribution in [3.8, 4) is 11.5 Å². The molecule has 0 saturated carbocycles. The zero-order valence-electron chi connectivity index (χ0n) is 18.3. The Balaban J connectivity index is 1.61. The van der Waals surface area contributed by atoms with E-state index in [-0.39, 0.29) is 16.4 Å². The van der Waals surface area contributed by atoms with Crippen LogP contribution in [0.3, 0.4) is 0 Å². The van der Waals surface area contributed by atoms with Gasteiger partial charge in [0.05, 0.1) is 16.9 Å². The molecule has 180 valence electrons. The van der Waals surface area contributed by atoms with Crippen molar-refractivity contribution in [2.24, 2.45) is 5.14 Å². The molecule has 0 heterocycles. The minimum atomic E-state index is -3.84. The van der Waals surface area contributed by atoms with E-state index < -0.39 is 26.0 Å². The van der Waals surface area contributed by atoms with Crippen molar-refractivity contribution in [2.75, 3.05) is 23.8 Å². The van der Waals surface area contributed by atoms with Crippen LogP contribution in [-0.2, 0) is 24.8 Å². The van der Waals surface area contributed by atoms with E-state index >= 15 is 0 Å².